The summed E-state index contributed by atoms with van der Waals surface area (Å²) in [4.78, 5) is 0. The summed E-state index contributed by atoms with van der Waals surface area (Å²) >= 11 is 0. The number of terminal acetylenes is 1. The first-order valence-corrected chi connectivity index (χ1v) is 3.67. The zero-order valence-electron chi connectivity index (χ0n) is 6.43. The fourth-order valence-corrected chi connectivity index (χ4v) is 0.692. The van der Waals surface area contributed by atoms with Crippen LogP contribution in [0.2, 0.25) is 0 Å². The molecule has 0 heterocycles. The third-order valence-electron chi connectivity index (χ3n) is 1.29. The lowest BCUT2D eigenvalue weighted by molar-refractivity contribution is 0.435. The molecule has 0 aliphatic rings. The van der Waals surface area contributed by atoms with E-state index in [9.17, 15) is 0 Å². The van der Waals surface area contributed by atoms with Gasteiger partial charge in [-0.25, -0.2) is 0 Å². The maximum atomic E-state index is 8.78. The Balaban J connectivity index is 3.27. The second-order valence-electron chi connectivity index (χ2n) is 2.23. The minimum atomic E-state index is 0.0658. The van der Waals surface area contributed by atoms with Crippen LogP contribution in [0.15, 0.2) is 11.8 Å². The topological polar surface area (TPSA) is 20.2 Å². The third-order valence-corrected chi connectivity index (χ3v) is 1.29. The fourth-order valence-electron chi connectivity index (χ4n) is 0.692. The standard InChI is InChI=1S/C9H14O/c1-3-5-6-7-8-9(10)4-2/h2,8,10H,3,5-7H2,1H3. The molecular formula is C9H14O. The lowest BCUT2D eigenvalue weighted by Gasteiger charge is -1.91. The first kappa shape index (κ1) is 9.10. The molecule has 0 spiro atoms. The van der Waals surface area contributed by atoms with Gasteiger partial charge in [-0.15, -0.1) is 6.42 Å². The van der Waals surface area contributed by atoms with Crippen molar-refractivity contribution >= 4 is 0 Å². The van der Waals surface area contributed by atoms with E-state index in [1.54, 1.807) is 6.08 Å². The van der Waals surface area contributed by atoms with Crippen molar-refractivity contribution in [3.05, 3.63) is 11.8 Å². The van der Waals surface area contributed by atoms with E-state index in [4.69, 9.17) is 11.5 Å². The van der Waals surface area contributed by atoms with Gasteiger partial charge in [-0.3, -0.25) is 0 Å². The molecule has 0 aromatic heterocycles. The van der Waals surface area contributed by atoms with Gasteiger partial charge in [0.2, 0.25) is 0 Å². The Morgan fingerprint density at radius 2 is 2.30 bits per heavy atom. The summed E-state index contributed by atoms with van der Waals surface area (Å²) in [5.41, 5.74) is 0. The molecule has 0 aliphatic carbocycles. The van der Waals surface area contributed by atoms with Gasteiger partial charge in [0.25, 0.3) is 0 Å². The van der Waals surface area contributed by atoms with Crippen LogP contribution in [0, 0.1) is 12.3 Å². The smallest absolute Gasteiger partial charge is 0.162 e. The first-order valence-electron chi connectivity index (χ1n) is 3.67. The Hall–Kier alpha value is -0.900. The van der Waals surface area contributed by atoms with Gasteiger partial charge >= 0.3 is 0 Å². The Morgan fingerprint density at radius 1 is 1.60 bits per heavy atom. The van der Waals surface area contributed by atoms with E-state index in [1.165, 1.54) is 12.8 Å². The van der Waals surface area contributed by atoms with Crippen molar-refractivity contribution in [2.24, 2.45) is 0 Å². The van der Waals surface area contributed by atoms with Crippen LogP contribution < -0.4 is 0 Å². The number of hydrogen-bond donors (Lipinski definition) is 1. The third kappa shape index (κ3) is 5.24. The number of aliphatic hydroxyl groups excluding tert-OH is 1. The lowest BCUT2D eigenvalue weighted by atomic mass is 10.2. The molecule has 0 aliphatic heterocycles. The fraction of sp³-hybridized carbons (Fsp3) is 0.556. The molecule has 10 heavy (non-hydrogen) atoms. The molecule has 1 heteroatoms. The van der Waals surface area contributed by atoms with Gasteiger partial charge < -0.3 is 5.11 Å². The van der Waals surface area contributed by atoms with Crippen LogP contribution in [0.5, 0.6) is 0 Å². The second kappa shape index (κ2) is 6.22. The van der Waals surface area contributed by atoms with E-state index in [0.29, 0.717) is 0 Å². The van der Waals surface area contributed by atoms with Crippen LogP contribution in [0.3, 0.4) is 0 Å². The van der Waals surface area contributed by atoms with Crippen LogP contribution in [-0.2, 0) is 0 Å². The first-order chi connectivity index (χ1) is 4.81. The highest BCUT2D eigenvalue weighted by Crippen LogP contribution is 2.00. The SMILES string of the molecule is C#CC(O)=CCCCCC. The van der Waals surface area contributed by atoms with E-state index in [1.807, 2.05) is 0 Å². The predicted octanol–water partition coefficient (Wildman–Crippen LogP) is 2.64. The zero-order chi connectivity index (χ0) is 7.82. The zero-order valence-corrected chi connectivity index (χ0v) is 6.43. The van der Waals surface area contributed by atoms with Crippen molar-refractivity contribution in [2.75, 3.05) is 0 Å². The van der Waals surface area contributed by atoms with Gasteiger partial charge in [0.05, 0.1) is 0 Å². The highest BCUT2D eigenvalue weighted by molar-refractivity contribution is 5.16. The van der Waals surface area contributed by atoms with Gasteiger partial charge in [0.15, 0.2) is 5.76 Å². The van der Waals surface area contributed by atoms with Crippen LogP contribution >= 0.6 is 0 Å². The minimum Gasteiger partial charge on any atom is -0.501 e. The summed E-state index contributed by atoms with van der Waals surface area (Å²) in [7, 11) is 0. The molecule has 0 unspecified atom stereocenters. The molecule has 0 amide bonds. The van der Waals surface area contributed by atoms with Crippen molar-refractivity contribution in [3.8, 4) is 12.3 Å². The molecule has 0 saturated carbocycles. The number of rotatable bonds is 4. The molecule has 0 aromatic carbocycles. The molecule has 0 aromatic rings. The summed E-state index contributed by atoms with van der Waals surface area (Å²) < 4.78 is 0. The van der Waals surface area contributed by atoms with E-state index in [0.717, 1.165) is 12.8 Å². The molecule has 0 rings (SSSR count). The van der Waals surface area contributed by atoms with Crippen molar-refractivity contribution in [1.82, 2.24) is 0 Å². The normalized spacial score (nSPS) is 11.0. The highest BCUT2D eigenvalue weighted by atomic mass is 16.3. The molecule has 1 N–H and O–H groups in total. The molecule has 0 bridgehead atoms. The van der Waals surface area contributed by atoms with Crippen molar-refractivity contribution in [3.63, 3.8) is 0 Å². The molecular weight excluding hydrogens is 124 g/mol. The van der Waals surface area contributed by atoms with E-state index in [-0.39, 0.29) is 5.76 Å². The van der Waals surface area contributed by atoms with Gasteiger partial charge in [-0.2, -0.15) is 0 Å². The monoisotopic (exact) mass is 138 g/mol. The lowest BCUT2D eigenvalue weighted by Crippen LogP contribution is -1.75. The van der Waals surface area contributed by atoms with Crippen molar-refractivity contribution in [1.29, 1.82) is 0 Å². The average Bonchev–Trinajstić information content (AvgIpc) is 1.98. The molecule has 56 valence electrons. The van der Waals surface area contributed by atoms with Gasteiger partial charge in [0, 0.05) is 0 Å². The van der Waals surface area contributed by atoms with Crippen LogP contribution in [0.4, 0.5) is 0 Å². The Labute approximate surface area is 62.8 Å². The largest absolute Gasteiger partial charge is 0.501 e. The second-order valence-corrected chi connectivity index (χ2v) is 2.23. The number of allylic oxidation sites excluding steroid dienone is 2. The number of unbranched alkanes of at least 4 members (excludes halogenated alkanes) is 3. The predicted molar refractivity (Wildman–Crippen MR) is 43.7 cm³/mol. The van der Waals surface area contributed by atoms with Crippen molar-refractivity contribution < 1.29 is 5.11 Å². The van der Waals surface area contributed by atoms with Crippen LogP contribution in [-0.4, -0.2) is 5.11 Å². The summed E-state index contributed by atoms with van der Waals surface area (Å²) in [6.45, 7) is 2.14. The summed E-state index contributed by atoms with van der Waals surface area (Å²) in [6, 6.07) is 0. The molecule has 1 nitrogen and oxygen atoms in total. The Kier molecular flexibility index (Phi) is 5.66. The molecule has 0 atom stereocenters. The summed E-state index contributed by atoms with van der Waals surface area (Å²) in [6.07, 6.45) is 11.0. The van der Waals surface area contributed by atoms with Gasteiger partial charge in [-0.05, 0) is 24.8 Å². The minimum absolute atomic E-state index is 0.0658. The summed E-state index contributed by atoms with van der Waals surface area (Å²) in [5.74, 6) is 2.22. The van der Waals surface area contributed by atoms with Crippen LogP contribution in [0.25, 0.3) is 0 Å². The molecule has 0 radical (unpaired) electrons. The van der Waals surface area contributed by atoms with E-state index < -0.39 is 0 Å². The average molecular weight is 138 g/mol. The Bertz CT molecular complexity index is 139. The maximum absolute atomic E-state index is 8.78. The molecule has 0 saturated heterocycles. The van der Waals surface area contributed by atoms with Crippen molar-refractivity contribution in [2.45, 2.75) is 32.6 Å². The van der Waals surface area contributed by atoms with Gasteiger partial charge in [0.1, 0.15) is 0 Å². The maximum Gasteiger partial charge on any atom is 0.162 e. The summed E-state index contributed by atoms with van der Waals surface area (Å²) in [5, 5.41) is 8.78. The van der Waals surface area contributed by atoms with Crippen LogP contribution in [0.1, 0.15) is 32.6 Å². The molecule has 0 fully saturated rings. The van der Waals surface area contributed by atoms with Gasteiger partial charge in [-0.1, -0.05) is 19.8 Å². The Morgan fingerprint density at radius 3 is 2.80 bits per heavy atom. The highest BCUT2D eigenvalue weighted by Gasteiger charge is 1.84. The van der Waals surface area contributed by atoms with E-state index in [2.05, 4.69) is 12.8 Å². The number of hydrogen-bond acceptors (Lipinski definition) is 1. The van der Waals surface area contributed by atoms with E-state index >= 15 is 0 Å². The quantitative estimate of drug-likeness (QED) is 0.359. The number of aliphatic hydroxyl groups is 1.